The van der Waals surface area contributed by atoms with Gasteiger partial charge in [0.2, 0.25) is 0 Å². The number of morpholine rings is 1. The first-order chi connectivity index (χ1) is 8.99. The molecule has 0 bridgehead atoms. The van der Waals surface area contributed by atoms with E-state index < -0.39 is 0 Å². The van der Waals surface area contributed by atoms with Crippen molar-refractivity contribution in [1.29, 1.82) is 0 Å². The summed E-state index contributed by atoms with van der Waals surface area (Å²) in [6.45, 7) is 7.78. The minimum atomic E-state index is -0.212. The normalized spacial score (nSPS) is 28.1. The summed E-state index contributed by atoms with van der Waals surface area (Å²) in [7, 11) is 0. The zero-order chi connectivity index (χ0) is 14.0. The lowest BCUT2D eigenvalue weighted by molar-refractivity contribution is -0.0697. The van der Waals surface area contributed by atoms with E-state index in [1.165, 1.54) is 12.1 Å². The van der Waals surface area contributed by atoms with Gasteiger partial charge in [-0.2, -0.15) is 0 Å². The molecule has 4 heteroatoms. The van der Waals surface area contributed by atoms with Crippen molar-refractivity contribution >= 4 is 0 Å². The van der Waals surface area contributed by atoms with Crippen LogP contribution in [0.25, 0.3) is 0 Å². The van der Waals surface area contributed by atoms with Crippen LogP contribution in [-0.4, -0.2) is 36.2 Å². The summed E-state index contributed by atoms with van der Waals surface area (Å²) >= 11 is 0. The molecule has 3 nitrogen and oxygen atoms in total. The highest BCUT2D eigenvalue weighted by Crippen LogP contribution is 2.28. The number of hydrogen-bond acceptors (Lipinski definition) is 3. The first-order valence-electron chi connectivity index (χ1n) is 6.87. The maximum absolute atomic E-state index is 13.1. The first-order valence-corrected chi connectivity index (χ1v) is 6.87. The van der Waals surface area contributed by atoms with Gasteiger partial charge >= 0.3 is 0 Å². The summed E-state index contributed by atoms with van der Waals surface area (Å²) in [6.07, 6.45) is 0.206. The Labute approximate surface area is 114 Å². The molecule has 1 fully saturated rings. The van der Waals surface area contributed by atoms with Crippen LogP contribution in [0, 0.1) is 5.82 Å². The van der Waals surface area contributed by atoms with Crippen molar-refractivity contribution in [3.63, 3.8) is 0 Å². The molecule has 1 heterocycles. The third-order valence-electron chi connectivity index (χ3n) is 3.72. The SMILES string of the molecule is CC1CN(C(c2ccc(F)cc2)C(C)N)C(C)CO1. The maximum atomic E-state index is 13.1. The summed E-state index contributed by atoms with van der Waals surface area (Å²) in [6, 6.07) is 7.06. The summed E-state index contributed by atoms with van der Waals surface area (Å²) in [5.74, 6) is -0.212. The first kappa shape index (κ1) is 14.4. The summed E-state index contributed by atoms with van der Waals surface area (Å²) in [5.41, 5.74) is 7.24. The van der Waals surface area contributed by atoms with E-state index in [4.69, 9.17) is 10.5 Å². The van der Waals surface area contributed by atoms with Gasteiger partial charge in [0.1, 0.15) is 5.82 Å². The molecule has 0 aromatic heterocycles. The summed E-state index contributed by atoms with van der Waals surface area (Å²) < 4.78 is 18.7. The van der Waals surface area contributed by atoms with E-state index in [9.17, 15) is 4.39 Å². The lowest BCUT2D eigenvalue weighted by atomic mass is 9.96. The van der Waals surface area contributed by atoms with Crippen molar-refractivity contribution in [3.05, 3.63) is 35.6 Å². The van der Waals surface area contributed by atoms with Crippen LogP contribution >= 0.6 is 0 Å². The molecule has 106 valence electrons. The number of ether oxygens (including phenoxy) is 1. The Morgan fingerprint density at radius 3 is 2.53 bits per heavy atom. The number of nitrogens with two attached hydrogens (primary N) is 1. The summed E-state index contributed by atoms with van der Waals surface area (Å²) in [5, 5.41) is 0. The summed E-state index contributed by atoms with van der Waals surface area (Å²) in [4.78, 5) is 2.37. The molecule has 1 aliphatic heterocycles. The molecule has 0 amide bonds. The van der Waals surface area contributed by atoms with Crippen molar-refractivity contribution in [2.24, 2.45) is 5.73 Å². The van der Waals surface area contributed by atoms with Gasteiger partial charge in [-0.15, -0.1) is 0 Å². The molecule has 0 spiro atoms. The molecule has 1 aromatic carbocycles. The highest BCUT2D eigenvalue weighted by Gasteiger charge is 2.32. The molecule has 2 rings (SSSR count). The van der Waals surface area contributed by atoms with Gasteiger partial charge in [-0.05, 0) is 38.5 Å². The zero-order valence-electron chi connectivity index (χ0n) is 11.8. The number of hydrogen-bond donors (Lipinski definition) is 1. The Morgan fingerprint density at radius 2 is 1.95 bits per heavy atom. The molecule has 0 radical (unpaired) electrons. The molecule has 1 aromatic rings. The van der Waals surface area contributed by atoms with E-state index in [1.54, 1.807) is 0 Å². The van der Waals surface area contributed by atoms with Gasteiger partial charge < -0.3 is 10.5 Å². The predicted molar refractivity (Wildman–Crippen MR) is 74.4 cm³/mol. The third-order valence-corrected chi connectivity index (χ3v) is 3.72. The molecule has 4 unspecified atom stereocenters. The second kappa shape index (κ2) is 5.99. The lowest BCUT2D eigenvalue weighted by Crippen LogP contribution is -2.52. The average Bonchev–Trinajstić information content (AvgIpc) is 2.36. The molecule has 0 aliphatic carbocycles. The van der Waals surface area contributed by atoms with Gasteiger partial charge in [-0.3, -0.25) is 4.90 Å². The monoisotopic (exact) mass is 266 g/mol. The number of benzene rings is 1. The molecule has 1 aliphatic rings. The van der Waals surface area contributed by atoms with Crippen LogP contribution < -0.4 is 5.73 Å². The second-order valence-electron chi connectivity index (χ2n) is 5.55. The van der Waals surface area contributed by atoms with E-state index in [0.29, 0.717) is 12.6 Å². The van der Waals surface area contributed by atoms with E-state index in [0.717, 1.165) is 12.1 Å². The van der Waals surface area contributed by atoms with Crippen LogP contribution in [-0.2, 0) is 4.74 Å². The zero-order valence-corrected chi connectivity index (χ0v) is 11.8. The van der Waals surface area contributed by atoms with Gasteiger partial charge in [0.25, 0.3) is 0 Å². The molecular weight excluding hydrogens is 243 g/mol. The highest BCUT2D eigenvalue weighted by molar-refractivity contribution is 5.22. The average molecular weight is 266 g/mol. The van der Waals surface area contributed by atoms with Crippen molar-refractivity contribution in [1.82, 2.24) is 4.90 Å². The van der Waals surface area contributed by atoms with Gasteiger partial charge in [-0.1, -0.05) is 12.1 Å². The van der Waals surface area contributed by atoms with Gasteiger partial charge in [-0.25, -0.2) is 4.39 Å². The van der Waals surface area contributed by atoms with Crippen LogP contribution in [0.3, 0.4) is 0 Å². The maximum Gasteiger partial charge on any atom is 0.123 e. The molecular formula is C15H23FN2O. The van der Waals surface area contributed by atoms with E-state index in [-0.39, 0.29) is 24.0 Å². The Morgan fingerprint density at radius 1 is 1.32 bits per heavy atom. The third kappa shape index (κ3) is 3.32. The highest BCUT2D eigenvalue weighted by atomic mass is 19.1. The van der Waals surface area contributed by atoms with Crippen LogP contribution in [0.15, 0.2) is 24.3 Å². The van der Waals surface area contributed by atoms with Gasteiger partial charge in [0.15, 0.2) is 0 Å². The smallest absolute Gasteiger partial charge is 0.123 e. The van der Waals surface area contributed by atoms with Gasteiger partial charge in [0, 0.05) is 18.6 Å². The predicted octanol–water partition coefficient (Wildman–Crippen LogP) is 2.32. The van der Waals surface area contributed by atoms with Crippen LogP contribution in [0.4, 0.5) is 4.39 Å². The Balaban J connectivity index is 2.26. The quantitative estimate of drug-likeness (QED) is 0.912. The van der Waals surface area contributed by atoms with Crippen LogP contribution in [0.2, 0.25) is 0 Å². The minimum absolute atomic E-state index is 0.0155. The van der Waals surface area contributed by atoms with Gasteiger partial charge in [0.05, 0.1) is 18.8 Å². The van der Waals surface area contributed by atoms with Crippen LogP contribution in [0.1, 0.15) is 32.4 Å². The molecule has 4 atom stereocenters. The Kier molecular flexibility index (Phi) is 4.55. The second-order valence-corrected chi connectivity index (χ2v) is 5.55. The van der Waals surface area contributed by atoms with Crippen molar-refractivity contribution in [2.75, 3.05) is 13.2 Å². The van der Waals surface area contributed by atoms with Crippen molar-refractivity contribution in [3.8, 4) is 0 Å². The van der Waals surface area contributed by atoms with E-state index in [1.807, 2.05) is 19.1 Å². The number of nitrogens with zero attached hydrogens (tertiary/aromatic N) is 1. The Hall–Kier alpha value is -0.970. The molecule has 2 N–H and O–H groups in total. The minimum Gasteiger partial charge on any atom is -0.376 e. The van der Waals surface area contributed by atoms with E-state index >= 15 is 0 Å². The molecule has 19 heavy (non-hydrogen) atoms. The fourth-order valence-corrected chi connectivity index (χ4v) is 2.77. The fourth-order valence-electron chi connectivity index (χ4n) is 2.77. The lowest BCUT2D eigenvalue weighted by Gasteiger charge is -2.43. The van der Waals surface area contributed by atoms with Crippen molar-refractivity contribution in [2.45, 2.75) is 45.0 Å². The molecule has 1 saturated heterocycles. The Bertz CT molecular complexity index is 407. The topological polar surface area (TPSA) is 38.5 Å². The molecule has 0 saturated carbocycles. The van der Waals surface area contributed by atoms with Crippen LogP contribution in [0.5, 0.6) is 0 Å². The van der Waals surface area contributed by atoms with Crippen molar-refractivity contribution < 1.29 is 9.13 Å². The number of halogens is 1. The fraction of sp³-hybridized carbons (Fsp3) is 0.600. The number of rotatable bonds is 3. The largest absolute Gasteiger partial charge is 0.376 e. The standard InChI is InChI=1S/C15H23FN2O/c1-10-9-19-11(2)8-18(10)15(12(3)17)13-4-6-14(16)7-5-13/h4-7,10-12,15H,8-9,17H2,1-3H3. The van der Waals surface area contributed by atoms with E-state index in [2.05, 4.69) is 18.7 Å².